The fraction of sp³-hybridized carbons (Fsp3) is 0.368. The van der Waals surface area contributed by atoms with Crippen LogP contribution in [0.25, 0.3) is 0 Å². The van der Waals surface area contributed by atoms with Crippen molar-refractivity contribution in [3.63, 3.8) is 0 Å². The molecule has 1 heterocycles. The second-order valence-electron chi connectivity index (χ2n) is 5.97. The number of ether oxygens (including phenoxy) is 3. The molecule has 0 aromatic heterocycles. The summed E-state index contributed by atoms with van der Waals surface area (Å²) in [7, 11) is 0. The molecular formula is C19H20O3. The molecule has 0 N–H and O–H groups in total. The minimum absolute atomic E-state index is 0.0499. The SMILES string of the molecule is c1ccc(CO[C@H]2[C@@H]3O[C@H]3C[C@H]2OCc2ccccc2)cc1. The van der Waals surface area contributed by atoms with Gasteiger partial charge in [0.05, 0.1) is 25.4 Å². The molecule has 4 atom stereocenters. The van der Waals surface area contributed by atoms with Gasteiger partial charge in [0.2, 0.25) is 0 Å². The van der Waals surface area contributed by atoms with Crippen molar-refractivity contribution in [2.75, 3.05) is 0 Å². The Morgan fingerprint density at radius 3 is 2.05 bits per heavy atom. The van der Waals surface area contributed by atoms with E-state index in [-0.39, 0.29) is 18.3 Å². The van der Waals surface area contributed by atoms with E-state index in [0.29, 0.717) is 19.3 Å². The van der Waals surface area contributed by atoms with E-state index in [1.165, 1.54) is 11.1 Å². The first-order valence-corrected chi connectivity index (χ1v) is 7.87. The maximum absolute atomic E-state index is 6.09. The van der Waals surface area contributed by atoms with Crippen LogP contribution >= 0.6 is 0 Å². The van der Waals surface area contributed by atoms with Crippen LogP contribution in [0.5, 0.6) is 0 Å². The van der Waals surface area contributed by atoms with E-state index >= 15 is 0 Å². The van der Waals surface area contributed by atoms with Gasteiger partial charge in [0, 0.05) is 6.42 Å². The summed E-state index contributed by atoms with van der Waals surface area (Å²) < 4.78 is 17.8. The number of epoxide rings is 1. The number of rotatable bonds is 6. The van der Waals surface area contributed by atoms with Crippen LogP contribution < -0.4 is 0 Å². The van der Waals surface area contributed by atoms with Crippen LogP contribution in [-0.4, -0.2) is 24.4 Å². The van der Waals surface area contributed by atoms with Crippen molar-refractivity contribution in [1.29, 1.82) is 0 Å². The summed E-state index contributed by atoms with van der Waals surface area (Å²) in [5, 5.41) is 0. The van der Waals surface area contributed by atoms with Gasteiger partial charge in [-0.3, -0.25) is 0 Å². The molecular weight excluding hydrogens is 276 g/mol. The van der Waals surface area contributed by atoms with Gasteiger partial charge in [0.15, 0.2) is 0 Å². The summed E-state index contributed by atoms with van der Waals surface area (Å²) in [4.78, 5) is 0. The molecule has 2 aromatic carbocycles. The summed E-state index contributed by atoms with van der Waals surface area (Å²) in [6.45, 7) is 1.25. The van der Waals surface area contributed by atoms with Gasteiger partial charge in [-0.2, -0.15) is 0 Å². The third-order valence-electron chi connectivity index (χ3n) is 4.37. The van der Waals surface area contributed by atoms with Gasteiger partial charge in [0.1, 0.15) is 12.2 Å². The summed E-state index contributed by atoms with van der Waals surface area (Å²) in [6, 6.07) is 20.5. The Hall–Kier alpha value is -1.68. The fourth-order valence-corrected chi connectivity index (χ4v) is 3.12. The first-order valence-electron chi connectivity index (χ1n) is 7.87. The molecule has 1 saturated carbocycles. The molecule has 3 nitrogen and oxygen atoms in total. The summed E-state index contributed by atoms with van der Waals surface area (Å²) in [6.07, 6.45) is 1.68. The van der Waals surface area contributed by atoms with Gasteiger partial charge in [-0.15, -0.1) is 0 Å². The topological polar surface area (TPSA) is 31.0 Å². The van der Waals surface area contributed by atoms with Crippen LogP contribution in [0, 0.1) is 0 Å². The van der Waals surface area contributed by atoms with Gasteiger partial charge in [0.25, 0.3) is 0 Å². The Morgan fingerprint density at radius 1 is 0.818 bits per heavy atom. The first kappa shape index (κ1) is 13.9. The Balaban J connectivity index is 1.34. The lowest BCUT2D eigenvalue weighted by Crippen LogP contribution is -2.31. The zero-order valence-electron chi connectivity index (χ0n) is 12.4. The molecule has 1 saturated heterocycles. The Kier molecular flexibility index (Phi) is 3.94. The highest BCUT2D eigenvalue weighted by atomic mass is 16.6. The highest BCUT2D eigenvalue weighted by molar-refractivity contribution is 5.15. The second-order valence-corrected chi connectivity index (χ2v) is 5.97. The highest BCUT2D eigenvalue weighted by Gasteiger charge is 2.57. The van der Waals surface area contributed by atoms with Crippen LogP contribution in [0.1, 0.15) is 17.5 Å². The van der Waals surface area contributed by atoms with Crippen molar-refractivity contribution in [2.45, 2.75) is 44.1 Å². The molecule has 0 spiro atoms. The first-order chi connectivity index (χ1) is 10.9. The van der Waals surface area contributed by atoms with Crippen LogP contribution in [0.3, 0.4) is 0 Å². The van der Waals surface area contributed by atoms with Gasteiger partial charge >= 0.3 is 0 Å². The van der Waals surface area contributed by atoms with E-state index in [2.05, 4.69) is 24.3 Å². The van der Waals surface area contributed by atoms with Gasteiger partial charge in [-0.25, -0.2) is 0 Å². The van der Waals surface area contributed by atoms with E-state index in [0.717, 1.165) is 6.42 Å². The molecule has 22 heavy (non-hydrogen) atoms. The van der Waals surface area contributed by atoms with E-state index in [1.807, 2.05) is 36.4 Å². The second kappa shape index (κ2) is 6.21. The fourth-order valence-electron chi connectivity index (χ4n) is 3.12. The van der Waals surface area contributed by atoms with Crippen molar-refractivity contribution in [1.82, 2.24) is 0 Å². The lowest BCUT2D eigenvalue weighted by molar-refractivity contribution is -0.0945. The third kappa shape index (κ3) is 3.07. The molecule has 114 valence electrons. The van der Waals surface area contributed by atoms with E-state index in [9.17, 15) is 0 Å². The van der Waals surface area contributed by atoms with Crippen molar-refractivity contribution < 1.29 is 14.2 Å². The lowest BCUT2D eigenvalue weighted by Gasteiger charge is -2.23. The average Bonchev–Trinajstić information content (AvgIpc) is 3.26. The predicted molar refractivity (Wildman–Crippen MR) is 83.3 cm³/mol. The molecule has 1 aliphatic heterocycles. The number of hydrogen-bond acceptors (Lipinski definition) is 3. The van der Waals surface area contributed by atoms with Crippen LogP contribution in [0.4, 0.5) is 0 Å². The lowest BCUT2D eigenvalue weighted by atomic mass is 10.2. The monoisotopic (exact) mass is 296 g/mol. The number of fused-ring (bicyclic) bond motifs is 1. The molecule has 4 rings (SSSR count). The average molecular weight is 296 g/mol. The van der Waals surface area contributed by atoms with Crippen molar-refractivity contribution >= 4 is 0 Å². The maximum Gasteiger partial charge on any atom is 0.113 e. The van der Waals surface area contributed by atoms with E-state index < -0.39 is 0 Å². The highest BCUT2D eigenvalue weighted by Crippen LogP contribution is 2.42. The predicted octanol–water partition coefficient (Wildman–Crippen LogP) is 3.33. The molecule has 0 unspecified atom stereocenters. The zero-order valence-corrected chi connectivity index (χ0v) is 12.4. The quantitative estimate of drug-likeness (QED) is 0.766. The molecule has 0 bridgehead atoms. The van der Waals surface area contributed by atoms with Crippen LogP contribution in [-0.2, 0) is 27.4 Å². The minimum atomic E-state index is 0.0499. The van der Waals surface area contributed by atoms with Crippen molar-refractivity contribution in [3.05, 3.63) is 71.8 Å². The van der Waals surface area contributed by atoms with E-state index in [4.69, 9.17) is 14.2 Å². The maximum atomic E-state index is 6.09. The minimum Gasteiger partial charge on any atom is -0.371 e. The van der Waals surface area contributed by atoms with Crippen molar-refractivity contribution in [3.8, 4) is 0 Å². The van der Waals surface area contributed by atoms with Gasteiger partial charge in [-0.1, -0.05) is 60.7 Å². The summed E-state index contributed by atoms with van der Waals surface area (Å²) in [5.41, 5.74) is 2.39. The molecule has 0 radical (unpaired) electrons. The van der Waals surface area contributed by atoms with E-state index in [1.54, 1.807) is 0 Å². The Labute approximate surface area is 130 Å². The molecule has 3 heteroatoms. The number of benzene rings is 2. The summed E-state index contributed by atoms with van der Waals surface area (Å²) >= 11 is 0. The molecule has 1 aliphatic carbocycles. The van der Waals surface area contributed by atoms with Crippen LogP contribution in [0.2, 0.25) is 0 Å². The smallest absolute Gasteiger partial charge is 0.113 e. The Morgan fingerprint density at radius 2 is 1.41 bits per heavy atom. The number of hydrogen-bond donors (Lipinski definition) is 0. The molecule has 2 aromatic rings. The largest absolute Gasteiger partial charge is 0.371 e. The standard InChI is InChI=1S/C19H20O3/c1-3-7-14(8-4-1)12-20-16-11-17-19(22-17)18(16)21-13-15-9-5-2-6-10-15/h1-10,16-19H,11-13H2/t16-,17+,18-,19-/m1/s1. The summed E-state index contributed by atoms with van der Waals surface area (Å²) in [5.74, 6) is 0. The van der Waals surface area contributed by atoms with Crippen LogP contribution in [0.15, 0.2) is 60.7 Å². The molecule has 0 amide bonds. The zero-order chi connectivity index (χ0) is 14.8. The molecule has 2 fully saturated rings. The third-order valence-corrected chi connectivity index (χ3v) is 4.37. The van der Waals surface area contributed by atoms with Gasteiger partial charge < -0.3 is 14.2 Å². The van der Waals surface area contributed by atoms with Crippen molar-refractivity contribution in [2.24, 2.45) is 0 Å². The molecule has 2 aliphatic rings. The normalized spacial score (nSPS) is 29.3. The van der Waals surface area contributed by atoms with Gasteiger partial charge in [-0.05, 0) is 11.1 Å². The Bertz CT molecular complexity index is 599.